The summed E-state index contributed by atoms with van der Waals surface area (Å²) >= 11 is 5.65. The fourth-order valence-electron chi connectivity index (χ4n) is 1.47. The molecule has 1 heterocycles. The van der Waals surface area contributed by atoms with Crippen molar-refractivity contribution in [2.24, 2.45) is 0 Å². The summed E-state index contributed by atoms with van der Waals surface area (Å²) in [6, 6.07) is 1.25. The van der Waals surface area contributed by atoms with E-state index >= 15 is 0 Å². The molecule has 0 bridgehead atoms. The maximum absolute atomic E-state index is 10.8. The van der Waals surface area contributed by atoms with Gasteiger partial charge in [-0.1, -0.05) is 25.4 Å². The zero-order chi connectivity index (χ0) is 12.3. The van der Waals surface area contributed by atoms with Gasteiger partial charge in [-0.2, -0.15) is 0 Å². The molecule has 2 atom stereocenters. The van der Waals surface area contributed by atoms with Crippen molar-refractivity contribution >= 4 is 17.3 Å². The number of hydrogen-bond acceptors (Lipinski definition) is 4. The summed E-state index contributed by atoms with van der Waals surface area (Å²) in [6.07, 6.45) is 1.22. The molecule has 0 saturated heterocycles. The Kier molecular flexibility index (Phi) is 4.20. The summed E-state index contributed by atoms with van der Waals surface area (Å²) in [6.45, 7) is 3.51. The van der Waals surface area contributed by atoms with Gasteiger partial charge in [-0.15, -0.1) is 0 Å². The van der Waals surface area contributed by atoms with Gasteiger partial charge in [0.2, 0.25) is 0 Å². The first-order valence-electron chi connectivity index (χ1n) is 4.95. The van der Waals surface area contributed by atoms with Crippen LogP contribution in [0.2, 0.25) is 5.02 Å². The van der Waals surface area contributed by atoms with E-state index in [9.17, 15) is 15.2 Å². The number of nitro groups is 1. The normalized spacial score (nSPS) is 14.5. The Morgan fingerprint density at radius 1 is 1.69 bits per heavy atom. The highest BCUT2D eigenvalue weighted by Crippen LogP contribution is 2.29. The average molecular weight is 245 g/mol. The molecule has 0 amide bonds. The molecule has 0 aromatic carbocycles. The van der Waals surface area contributed by atoms with Gasteiger partial charge in [-0.05, 0) is 6.42 Å². The molecule has 16 heavy (non-hydrogen) atoms. The number of halogens is 1. The zero-order valence-corrected chi connectivity index (χ0v) is 9.81. The molecule has 0 aliphatic rings. The van der Waals surface area contributed by atoms with Crippen molar-refractivity contribution in [2.45, 2.75) is 32.3 Å². The molecule has 0 aliphatic heterocycles. The van der Waals surface area contributed by atoms with Crippen molar-refractivity contribution in [3.05, 3.63) is 33.1 Å². The number of nitrogens with zero attached hydrogens (tertiary/aromatic N) is 2. The van der Waals surface area contributed by atoms with Crippen molar-refractivity contribution in [2.75, 3.05) is 0 Å². The lowest BCUT2D eigenvalue weighted by molar-refractivity contribution is -0.386. The summed E-state index contributed by atoms with van der Waals surface area (Å²) < 4.78 is 0. The molecule has 88 valence electrons. The van der Waals surface area contributed by atoms with E-state index < -0.39 is 11.0 Å². The highest BCUT2D eigenvalue weighted by atomic mass is 35.5. The predicted molar refractivity (Wildman–Crippen MR) is 60.6 cm³/mol. The molecule has 0 saturated carbocycles. The Hall–Kier alpha value is -1.20. The second-order valence-corrected chi connectivity index (χ2v) is 4.02. The lowest BCUT2D eigenvalue weighted by Crippen LogP contribution is -2.17. The van der Waals surface area contributed by atoms with E-state index in [0.29, 0.717) is 6.42 Å². The summed E-state index contributed by atoms with van der Waals surface area (Å²) in [5, 5.41) is 20.7. The third-order valence-electron chi connectivity index (χ3n) is 2.49. The van der Waals surface area contributed by atoms with Crippen molar-refractivity contribution in [3.63, 3.8) is 0 Å². The molecule has 0 radical (unpaired) electrons. The fraction of sp³-hybridized carbons (Fsp3) is 0.500. The predicted octanol–water partition coefficient (Wildman–Crippen LogP) is 2.52. The van der Waals surface area contributed by atoms with E-state index in [4.69, 9.17) is 11.6 Å². The lowest BCUT2D eigenvalue weighted by atomic mass is 9.97. The Morgan fingerprint density at radius 3 is 2.81 bits per heavy atom. The SMILES string of the molecule is CCC(O)C(C)c1ncc(Cl)cc1[N+](=O)[O-]. The van der Waals surface area contributed by atoms with Crippen LogP contribution < -0.4 is 0 Å². The summed E-state index contributed by atoms with van der Waals surface area (Å²) in [5.74, 6) is -0.386. The van der Waals surface area contributed by atoms with Crippen LogP contribution in [0.1, 0.15) is 31.9 Å². The van der Waals surface area contributed by atoms with Crippen molar-refractivity contribution in [1.29, 1.82) is 0 Å². The van der Waals surface area contributed by atoms with Gasteiger partial charge in [-0.3, -0.25) is 15.1 Å². The van der Waals surface area contributed by atoms with Gasteiger partial charge in [0.1, 0.15) is 5.69 Å². The van der Waals surface area contributed by atoms with Crippen molar-refractivity contribution in [1.82, 2.24) is 4.98 Å². The lowest BCUT2D eigenvalue weighted by Gasteiger charge is -2.16. The number of rotatable bonds is 4. The second kappa shape index (κ2) is 5.23. The van der Waals surface area contributed by atoms with Gasteiger partial charge in [0.15, 0.2) is 0 Å². The van der Waals surface area contributed by atoms with Crippen LogP contribution in [0.25, 0.3) is 0 Å². The van der Waals surface area contributed by atoms with Gasteiger partial charge >= 0.3 is 0 Å². The number of aliphatic hydroxyl groups excluding tert-OH is 1. The minimum atomic E-state index is -0.646. The van der Waals surface area contributed by atoms with Crippen LogP contribution in [0.5, 0.6) is 0 Å². The highest BCUT2D eigenvalue weighted by Gasteiger charge is 2.25. The summed E-state index contributed by atoms with van der Waals surface area (Å²) in [4.78, 5) is 14.2. The zero-order valence-electron chi connectivity index (χ0n) is 9.05. The highest BCUT2D eigenvalue weighted by molar-refractivity contribution is 6.30. The Morgan fingerprint density at radius 2 is 2.31 bits per heavy atom. The Balaban J connectivity index is 3.17. The van der Waals surface area contributed by atoms with Gasteiger partial charge in [0.05, 0.1) is 16.0 Å². The van der Waals surface area contributed by atoms with Crippen LogP contribution in [0.15, 0.2) is 12.3 Å². The van der Waals surface area contributed by atoms with Crippen LogP contribution in [0.3, 0.4) is 0 Å². The van der Waals surface area contributed by atoms with E-state index in [1.54, 1.807) is 6.92 Å². The van der Waals surface area contributed by atoms with E-state index in [2.05, 4.69) is 4.98 Å². The standard InChI is InChI=1S/C10H13ClN2O3/c1-3-9(14)6(2)10-8(13(15)16)4-7(11)5-12-10/h4-6,9,14H,3H2,1-2H3. The molecular weight excluding hydrogens is 232 g/mol. The quantitative estimate of drug-likeness (QED) is 0.652. The molecule has 0 fully saturated rings. The first-order valence-corrected chi connectivity index (χ1v) is 5.33. The van der Waals surface area contributed by atoms with Crippen LogP contribution >= 0.6 is 11.6 Å². The molecule has 6 heteroatoms. The number of aliphatic hydroxyl groups is 1. The monoisotopic (exact) mass is 244 g/mol. The van der Waals surface area contributed by atoms with Gasteiger partial charge < -0.3 is 5.11 Å². The molecule has 1 aromatic rings. The molecule has 1 aromatic heterocycles. The van der Waals surface area contributed by atoms with E-state index in [1.165, 1.54) is 12.3 Å². The Labute approximate surface area is 98.2 Å². The summed E-state index contributed by atoms with van der Waals surface area (Å²) in [5.41, 5.74) is 0.122. The van der Waals surface area contributed by atoms with E-state index in [-0.39, 0.29) is 22.3 Å². The molecule has 5 nitrogen and oxygen atoms in total. The topological polar surface area (TPSA) is 76.3 Å². The van der Waals surface area contributed by atoms with Gasteiger partial charge in [0, 0.05) is 18.2 Å². The third kappa shape index (κ3) is 2.68. The van der Waals surface area contributed by atoms with Crippen LogP contribution in [-0.2, 0) is 0 Å². The fourth-order valence-corrected chi connectivity index (χ4v) is 1.62. The number of pyridine rings is 1. The number of aromatic nitrogens is 1. The molecule has 0 spiro atoms. The summed E-state index contributed by atoms with van der Waals surface area (Å²) in [7, 11) is 0. The maximum Gasteiger partial charge on any atom is 0.292 e. The molecule has 1 rings (SSSR count). The first kappa shape index (κ1) is 12.9. The first-order chi connectivity index (χ1) is 7.47. The van der Waals surface area contributed by atoms with Crippen LogP contribution in [-0.4, -0.2) is 21.1 Å². The average Bonchev–Trinajstić information content (AvgIpc) is 2.26. The van der Waals surface area contributed by atoms with E-state index in [1.807, 2.05) is 6.92 Å². The minimum absolute atomic E-state index is 0.146. The molecule has 0 aliphatic carbocycles. The molecular formula is C10H13ClN2O3. The number of hydrogen-bond donors (Lipinski definition) is 1. The van der Waals surface area contributed by atoms with Crippen LogP contribution in [0.4, 0.5) is 5.69 Å². The van der Waals surface area contributed by atoms with Crippen LogP contribution in [0, 0.1) is 10.1 Å². The molecule has 1 N–H and O–H groups in total. The maximum atomic E-state index is 10.8. The second-order valence-electron chi connectivity index (χ2n) is 3.58. The van der Waals surface area contributed by atoms with Crippen molar-refractivity contribution < 1.29 is 10.0 Å². The smallest absolute Gasteiger partial charge is 0.292 e. The third-order valence-corrected chi connectivity index (χ3v) is 2.69. The largest absolute Gasteiger partial charge is 0.392 e. The Bertz CT molecular complexity index is 398. The molecule has 2 unspecified atom stereocenters. The van der Waals surface area contributed by atoms with E-state index in [0.717, 1.165) is 0 Å². The minimum Gasteiger partial charge on any atom is -0.392 e. The van der Waals surface area contributed by atoms with Crippen molar-refractivity contribution in [3.8, 4) is 0 Å². The van der Waals surface area contributed by atoms with Gasteiger partial charge in [0.25, 0.3) is 5.69 Å². The van der Waals surface area contributed by atoms with Gasteiger partial charge in [-0.25, -0.2) is 0 Å².